The Morgan fingerprint density at radius 2 is 2.00 bits per heavy atom. The number of methoxy groups -OCH3 is 1. The van der Waals surface area contributed by atoms with E-state index in [4.69, 9.17) is 9.47 Å². The SMILES string of the molecule is COC(=O)C1(C2(c3ccncc3)COC2)CCC1. The molecule has 0 radical (unpaired) electrons. The average molecular weight is 247 g/mol. The van der Waals surface area contributed by atoms with Crippen LogP contribution in [0.15, 0.2) is 24.5 Å². The minimum Gasteiger partial charge on any atom is -0.469 e. The number of carbonyl (C=O) groups is 1. The molecule has 1 saturated heterocycles. The van der Waals surface area contributed by atoms with Gasteiger partial charge in [-0.1, -0.05) is 6.42 Å². The highest BCUT2D eigenvalue weighted by atomic mass is 16.5. The summed E-state index contributed by atoms with van der Waals surface area (Å²) in [5, 5.41) is 0. The van der Waals surface area contributed by atoms with Gasteiger partial charge in [-0.05, 0) is 30.5 Å². The molecule has 3 rings (SSSR count). The van der Waals surface area contributed by atoms with Crippen LogP contribution < -0.4 is 0 Å². The molecule has 0 bridgehead atoms. The van der Waals surface area contributed by atoms with E-state index in [1.54, 1.807) is 12.4 Å². The molecule has 2 aliphatic rings. The predicted octanol–water partition coefficient (Wildman–Crippen LogP) is 1.69. The van der Waals surface area contributed by atoms with E-state index in [1.165, 1.54) is 7.11 Å². The van der Waals surface area contributed by atoms with Gasteiger partial charge in [-0.2, -0.15) is 0 Å². The highest BCUT2D eigenvalue weighted by molar-refractivity contribution is 5.80. The van der Waals surface area contributed by atoms with Crippen LogP contribution in [0.3, 0.4) is 0 Å². The monoisotopic (exact) mass is 247 g/mol. The lowest BCUT2D eigenvalue weighted by Crippen LogP contribution is -2.65. The van der Waals surface area contributed by atoms with Crippen molar-refractivity contribution in [3.8, 4) is 0 Å². The Balaban J connectivity index is 2.04. The number of ether oxygens (including phenoxy) is 2. The summed E-state index contributed by atoms with van der Waals surface area (Å²) in [6.07, 6.45) is 6.43. The molecule has 1 aromatic heterocycles. The number of nitrogens with zero attached hydrogens (tertiary/aromatic N) is 1. The minimum atomic E-state index is -0.388. The summed E-state index contributed by atoms with van der Waals surface area (Å²) < 4.78 is 10.5. The van der Waals surface area contributed by atoms with Crippen LogP contribution in [0.1, 0.15) is 24.8 Å². The number of aromatic nitrogens is 1. The molecule has 0 aromatic carbocycles. The Bertz CT molecular complexity index is 449. The van der Waals surface area contributed by atoms with Gasteiger partial charge >= 0.3 is 5.97 Å². The number of rotatable bonds is 3. The molecule has 1 saturated carbocycles. The summed E-state index contributed by atoms with van der Waals surface area (Å²) >= 11 is 0. The molecule has 1 aromatic rings. The Labute approximate surface area is 106 Å². The summed E-state index contributed by atoms with van der Waals surface area (Å²) in [6.45, 7) is 1.21. The smallest absolute Gasteiger partial charge is 0.312 e. The van der Waals surface area contributed by atoms with Crippen molar-refractivity contribution in [3.05, 3.63) is 30.1 Å². The van der Waals surface area contributed by atoms with Gasteiger partial charge < -0.3 is 9.47 Å². The molecule has 18 heavy (non-hydrogen) atoms. The zero-order valence-electron chi connectivity index (χ0n) is 10.5. The van der Waals surface area contributed by atoms with Crippen LogP contribution >= 0.6 is 0 Å². The van der Waals surface area contributed by atoms with Crippen molar-refractivity contribution in [2.75, 3.05) is 20.3 Å². The molecule has 0 spiro atoms. The summed E-state index contributed by atoms with van der Waals surface area (Å²) in [4.78, 5) is 16.3. The molecular formula is C14H17NO3. The summed E-state index contributed by atoms with van der Waals surface area (Å²) in [6, 6.07) is 3.98. The van der Waals surface area contributed by atoms with E-state index in [9.17, 15) is 4.79 Å². The molecular weight excluding hydrogens is 230 g/mol. The molecule has 2 heterocycles. The molecule has 0 unspecified atom stereocenters. The topological polar surface area (TPSA) is 48.4 Å². The Morgan fingerprint density at radius 3 is 2.39 bits per heavy atom. The first-order valence-corrected chi connectivity index (χ1v) is 6.32. The van der Waals surface area contributed by atoms with E-state index in [0.717, 1.165) is 24.8 Å². The van der Waals surface area contributed by atoms with Gasteiger partial charge in [-0.3, -0.25) is 9.78 Å². The lowest BCUT2D eigenvalue weighted by Gasteiger charge is -2.58. The zero-order valence-corrected chi connectivity index (χ0v) is 10.5. The van der Waals surface area contributed by atoms with Crippen molar-refractivity contribution >= 4 is 5.97 Å². The third-order valence-corrected chi connectivity index (χ3v) is 4.63. The average Bonchev–Trinajstić information content (AvgIpc) is 2.31. The molecule has 4 nitrogen and oxygen atoms in total. The van der Waals surface area contributed by atoms with Crippen LogP contribution in [0.5, 0.6) is 0 Å². The lowest BCUT2D eigenvalue weighted by atomic mass is 9.50. The van der Waals surface area contributed by atoms with Crippen LogP contribution in [0, 0.1) is 5.41 Å². The molecule has 1 aliphatic heterocycles. The molecule has 0 atom stereocenters. The second-order valence-corrected chi connectivity index (χ2v) is 5.24. The van der Waals surface area contributed by atoms with Gasteiger partial charge in [0.25, 0.3) is 0 Å². The molecule has 2 fully saturated rings. The maximum absolute atomic E-state index is 12.2. The lowest BCUT2D eigenvalue weighted by molar-refractivity contribution is -0.195. The van der Waals surface area contributed by atoms with E-state index in [2.05, 4.69) is 4.98 Å². The van der Waals surface area contributed by atoms with Gasteiger partial charge in [0.15, 0.2) is 0 Å². The number of pyridine rings is 1. The minimum absolute atomic E-state index is 0.0890. The molecule has 4 heteroatoms. The quantitative estimate of drug-likeness (QED) is 0.763. The van der Waals surface area contributed by atoms with Gasteiger partial charge in [0.05, 0.1) is 31.2 Å². The Morgan fingerprint density at radius 1 is 1.33 bits per heavy atom. The number of carbonyl (C=O) groups excluding carboxylic acids is 1. The highest BCUT2D eigenvalue weighted by Crippen LogP contribution is 2.58. The molecule has 96 valence electrons. The van der Waals surface area contributed by atoms with E-state index in [1.807, 2.05) is 12.1 Å². The molecule has 0 amide bonds. The van der Waals surface area contributed by atoms with Crippen molar-refractivity contribution < 1.29 is 14.3 Å². The molecule has 1 aliphatic carbocycles. The second-order valence-electron chi connectivity index (χ2n) is 5.24. The Hall–Kier alpha value is -1.42. The van der Waals surface area contributed by atoms with Crippen LogP contribution in [0.2, 0.25) is 0 Å². The van der Waals surface area contributed by atoms with Crippen molar-refractivity contribution in [2.45, 2.75) is 24.7 Å². The first-order chi connectivity index (χ1) is 8.75. The van der Waals surface area contributed by atoms with Gasteiger partial charge in [-0.15, -0.1) is 0 Å². The maximum Gasteiger partial charge on any atom is 0.312 e. The first-order valence-electron chi connectivity index (χ1n) is 6.32. The van der Waals surface area contributed by atoms with Crippen molar-refractivity contribution in [1.82, 2.24) is 4.98 Å². The maximum atomic E-state index is 12.2. The van der Waals surface area contributed by atoms with Gasteiger partial charge in [0, 0.05) is 12.4 Å². The standard InChI is InChI=1S/C14H17NO3/c1-17-12(16)13(5-2-6-13)14(9-18-10-14)11-3-7-15-8-4-11/h3-4,7-8H,2,5-6,9-10H2,1H3. The number of hydrogen-bond donors (Lipinski definition) is 0. The van der Waals surface area contributed by atoms with E-state index >= 15 is 0 Å². The largest absolute Gasteiger partial charge is 0.469 e. The van der Waals surface area contributed by atoms with Crippen molar-refractivity contribution in [2.24, 2.45) is 5.41 Å². The fraction of sp³-hybridized carbons (Fsp3) is 0.571. The fourth-order valence-corrected chi connectivity index (χ4v) is 3.30. The van der Waals surface area contributed by atoms with Crippen LogP contribution in [0.4, 0.5) is 0 Å². The van der Waals surface area contributed by atoms with Gasteiger partial charge in [0.2, 0.25) is 0 Å². The van der Waals surface area contributed by atoms with Crippen LogP contribution in [0.25, 0.3) is 0 Å². The number of esters is 1. The van der Waals surface area contributed by atoms with Crippen molar-refractivity contribution in [1.29, 1.82) is 0 Å². The number of hydrogen-bond acceptors (Lipinski definition) is 4. The fourth-order valence-electron chi connectivity index (χ4n) is 3.30. The van der Waals surface area contributed by atoms with Crippen molar-refractivity contribution in [3.63, 3.8) is 0 Å². The van der Waals surface area contributed by atoms with Gasteiger partial charge in [0.1, 0.15) is 0 Å². The third kappa shape index (κ3) is 1.29. The summed E-state index contributed by atoms with van der Waals surface area (Å²) in [5.41, 5.74) is 0.552. The predicted molar refractivity (Wildman–Crippen MR) is 65.0 cm³/mol. The normalized spacial score (nSPS) is 23.6. The van der Waals surface area contributed by atoms with E-state index in [0.29, 0.717) is 13.2 Å². The zero-order chi connectivity index (χ0) is 12.6. The first kappa shape index (κ1) is 11.7. The highest BCUT2D eigenvalue weighted by Gasteiger charge is 2.64. The second kappa shape index (κ2) is 4.05. The third-order valence-electron chi connectivity index (χ3n) is 4.63. The Kier molecular flexibility index (Phi) is 2.63. The van der Waals surface area contributed by atoms with E-state index < -0.39 is 0 Å². The van der Waals surface area contributed by atoms with E-state index in [-0.39, 0.29) is 16.8 Å². The summed E-state index contributed by atoms with van der Waals surface area (Å²) in [5.74, 6) is -0.0890. The molecule has 0 N–H and O–H groups in total. The van der Waals surface area contributed by atoms with Crippen LogP contribution in [-0.2, 0) is 19.7 Å². The summed E-state index contributed by atoms with van der Waals surface area (Å²) in [7, 11) is 1.47. The van der Waals surface area contributed by atoms with Gasteiger partial charge in [-0.25, -0.2) is 0 Å². The van der Waals surface area contributed by atoms with Crippen LogP contribution in [-0.4, -0.2) is 31.3 Å².